The maximum Gasteiger partial charge on any atom is 0.340 e. The van der Waals surface area contributed by atoms with Gasteiger partial charge in [0.25, 0.3) is 11.8 Å². The van der Waals surface area contributed by atoms with E-state index in [0.29, 0.717) is 16.3 Å². The number of halogens is 1. The summed E-state index contributed by atoms with van der Waals surface area (Å²) in [5, 5.41) is 5.25. The molecule has 0 spiro atoms. The predicted molar refractivity (Wildman–Crippen MR) is 103 cm³/mol. The summed E-state index contributed by atoms with van der Waals surface area (Å²) in [5.41, 5.74) is 0.966. The van der Waals surface area contributed by atoms with Crippen LogP contribution in [0.25, 0.3) is 0 Å². The Morgan fingerprint density at radius 1 is 1.00 bits per heavy atom. The van der Waals surface area contributed by atoms with Gasteiger partial charge in [-0.3, -0.25) is 9.59 Å². The highest BCUT2D eigenvalue weighted by Crippen LogP contribution is 2.16. The first-order valence-corrected chi connectivity index (χ1v) is 8.81. The molecule has 7 nitrogen and oxygen atoms in total. The average Bonchev–Trinajstić information content (AvgIpc) is 2.61. The van der Waals surface area contributed by atoms with Gasteiger partial charge in [0.05, 0.1) is 24.9 Å². The molecule has 0 aliphatic carbocycles. The number of para-hydroxylation sites is 1. The summed E-state index contributed by atoms with van der Waals surface area (Å²) in [7, 11) is 1.68. The second kappa shape index (κ2) is 10.2. The van der Waals surface area contributed by atoms with Crippen molar-refractivity contribution in [3.8, 4) is 0 Å². The molecule has 0 aliphatic rings. The van der Waals surface area contributed by atoms with Crippen LogP contribution in [0.4, 0.5) is 15.8 Å². The molecule has 0 heterocycles. The second-order valence-electron chi connectivity index (χ2n) is 6.18. The molecule has 2 amide bonds. The zero-order valence-corrected chi connectivity index (χ0v) is 15.8. The Morgan fingerprint density at radius 2 is 1.68 bits per heavy atom. The van der Waals surface area contributed by atoms with Crippen molar-refractivity contribution in [2.24, 2.45) is 0 Å². The van der Waals surface area contributed by atoms with Gasteiger partial charge in [-0.15, -0.1) is 0 Å². The Hall–Kier alpha value is -3.26. The van der Waals surface area contributed by atoms with Gasteiger partial charge in [-0.1, -0.05) is 18.2 Å². The number of anilines is 2. The molecule has 8 heteroatoms. The summed E-state index contributed by atoms with van der Waals surface area (Å²) in [6, 6.07) is 12.1. The van der Waals surface area contributed by atoms with Gasteiger partial charge in [0.1, 0.15) is 5.82 Å². The molecule has 3 N–H and O–H groups in total. The number of ether oxygens (including phenoxy) is 1. The van der Waals surface area contributed by atoms with E-state index in [1.807, 2.05) is 0 Å². The van der Waals surface area contributed by atoms with Gasteiger partial charge in [0.15, 0.2) is 13.1 Å². The molecule has 0 saturated heterocycles. The van der Waals surface area contributed by atoms with E-state index in [9.17, 15) is 18.8 Å². The van der Waals surface area contributed by atoms with Gasteiger partial charge in [-0.25, -0.2) is 9.18 Å². The van der Waals surface area contributed by atoms with Crippen molar-refractivity contribution in [1.82, 2.24) is 0 Å². The molecule has 1 unspecified atom stereocenters. The summed E-state index contributed by atoms with van der Waals surface area (Å²) < 4.78 is 18.1. The molecule has 0 saturated carbocycles. The van der Waals surface area contributed by atoms with E-state index in [-0.39, 0.29) is 37.1 Å². The molecule has 0 fully saturated rings. The Balaban J connectivity index is 1.89. The van der Waals surface area contributed by atoms with E-state index >= 15 is 0 Å². The van der Waals surface area contributed by atoms with Crippen molar-refractivity contribution in [2.75, 3.05) is 37.4 Å². The first-order chi connectivity index (χ1) is 13.4. The lowest BCUT2D eigenvalue weighted by Crippen LogP contribution is -3.11. The molecule has 28 heavy (non-hydrogen) atoms. The van der Waals surface area contributed by atoms with Crippen molar-refractivity contribution in [1.29, 1.82) is 0 Å². The number of esters is 1. The summed E-state index contributed by atoms with van der Waals surface area (Å²) in [6.07, 6.45) is 0. The van der Waals surface area contributed by atoms with Crippen molar-refractivity contribution in [2.45, 2.75) is 6.92 Å². The molecule has 0 radical (unpaired) electrons. The first kappa shape index (κ1) is 21.0. The third-order valence-electron chi connectivity index (χ3n) is 3.73. The highest BCUT2D eigenvalue weighted by Gasteiger charge is 2.18. The molecule has 0 aromatic heterocycles. The van der Waals surface area contributed by atoms with Crippen LogP contribution in [0.1, 0.15) is 17.3 Å². The fraction of sp³-hybridized carbons (Fsp3) is 0.250. The number of carbonyl (C=O) groups excluding carboxylic acids is 3. The van der Waals surface area contributed by atoms with Crippen LogP contribution in [0.5, 0.6) is 0 Å². The van der Waals surface area contributed by atoms with Crippen molar-refractivity contribution < 1.29 is 28.4 Å². The Labute approximate surface area is 162 Å². The smallest absolute Gasteiger partial charge is 0.340 e. The summed E-state index contributed by atoms with van der Waals surface area (Å²) >= 11 is 0. The molecular weight excluding hydrogens is 365 g/mol. The molecule has 0 bridgehead atoms. The predicted octanol–water partition coefficient (Wildman–Crippen LogP) is 1.09. The summed E-state index contributed by atoms with van der Waals surface area (Å²) in [5.74, 6) is -1.66. The normalized spacial score (nSPS) is 11.4. The van der Waals surface area contributed by atoms with Gasteiger partial charge in [0, 0.05) is 5.69 Å². The van der Waals surface area contributed by atoms with Gasteiger partial charge in [0.2, 0.25) is 0 Å². The minimum absolute atomic E-state index is 0.00767. The minimum Gasteiger partial charge on any atom is -0.462 e. The lowest BCUT2D eigenvalue weighted by Gasteiger charge is -2.15. The first-order valence-electron chi connectivity index (χ1n) is 8.81. The Kier molecular flexibility index (Phi) is 7.65. The number of nitrogens with one attached hydrogen (secondary N) is 3. The third-order valence-corrected chi connectivity index (χ3v) is 3.73. The number of likely N-dealkylation sites (N-methyl/N-ethyl adjacent to an activating group) is 1. The van der Waals surface area contributed by atoms with Gasteiger partial charge >= 0.3 is 5.97 Å². The maximum absolute atomic E-state index is 13.2. The third kappa shape index (κ3) is 6.48. The van der Waals surface area contributed by atoms with E-state index in [1.54, 1.807) is 44.3 Å². The second-order valence-corrected chi connectivity index (χ2v) is 6.18. The SMILES string of the molecule is CCOC(=O)c1ccccc1NC(=O)C[NH+](C)CC(=O)Nc1cccc(F)c1. The van der Waals surface area contributed by atoms with Gasteiger partial charge in [-0.05, 0) is 37.3 Å². The van der Waals surface area contributed by atoms with Gasteiger partial charge < -0.3 is 20.3 Å². The Morgan fingerprint density at radius 3 is 2.36 bits per heavy atom. The number of hydrogen-bond acceptors (Lipinski definition) is 4. The highest BCUT2D eigenvalue weighted by atomic mass is 19.1. The number of amides is 2. The quantitative estimate of drug-likeness (QED) is 0.591. The van der Waals surface area contributed by atoms with E-state index in [2.05, 4.69) is 10.6 Å². The van der Waals surface area contributed by atoms with Crippen molar-refractivity contribution in [3.63, 3.8) is 0 Å². The van der Waals surface area contributed by atoms with E-state index in [4.69, 9.17) is 4.74 Å². The molecule has 0 aliphatic heterocycles. The maximum atomic E-state index is 13.2. The number of carbonyl (C=O) groups is 3. The zero-order chi connectivity index (χ0) is 20.5. The summed E-state index contributed by atoms with van der Waals surface area (Å²) in [4.78, 5) is 36.9. The fourth-order valence-corrected chi connectivity index (χ4v) is 2.56. The van der Waals surface area contributed by atoms with Crippen LogP contribution in [-0.2, 0) is 14.3 Å². The number of benzene rings is 2. The molecule has 148 valence electrons. The largest absolute Gasteiger partial charge is 0.462 e. The van der Waals surface area contributed by atoms with Crippen LogP contribution in [0.2, 0.25) is 0 Å². The molecule has 1 atom stereocenters. The number of quaternary nitrogens is 1. The van der Waals surface area contributed by atoms with Crippen LogP contribution < -0.4 is 15.5 Å². The molecule has 2 rings (SSSR count). The molecule has 2 aromatic rings. The van der Waals surface area contributed by atoms with E-state index in [0.717, 1.165) is 0 Å². The summed E-state index contributed by atoms with van der Waals surface area (Å²) in [6.45, 7) is 1.96. The lowest BCUT2D eigenvalue weighted by atomic mass is 10.2. The standard InChI is InChI=1S/C20H22FN3O4/c1-3-28-20(27)16-9-4-5-10-17(16)23-19(26)13-24(2)12-18(25)22-15-8-6-7-14(21)11-15/h4-11H,3,12-13H2,1-2H3,(H,22,25)(H,23,26)/p+1. The average molecular weight is 388 g/mol. The minimum atomic E-state index is -0.520. The number of rotatable bonds is 8. The van der Waals surface area contributed by atoms with Crippen molar-refractivity contribution in [3.05, 3.63) is 59.9 Å². The van der Waals surface area contributed by atoms with Crippen LogP contribution in [-0.4, -0.2) is 44.5 Å². The van der Waals surface area contributed by atoms with E-state index < -0.39 is 11.8 Å². The van der Waals surface area contributed by atoms with Crippen LogP contribution in [0.3, 0.4) is 0 Å². The fourth-order valence-electron chi connectivity index (χ4n) is 2.56. The highest BCUT2D eigenvalue weighted by molar-refractivity contribution is 6.01. The topological polar surface area (TPSA) is 88.9 Å². The van der Waals surface area contributed by atoms with Crippen LogP contribution in [0, 0.1) is 5.82 Å². The van der Waals surface area contributed by atoms with Crippen LogP contribution >= 0.6 is 0 Å². The lowest BCUT2D eigenvalue weighted by molar-refractivity contribution is -0.862. The monoisotopic (exact) mass is 388 g/mol. The Bertz CT molecular complexity index is 857. The molecular formula is C20H23FN3O4+. The van der Waals surface area contributed by atoms with E-state index in [1.165, 1.54) is 18.2 Å². The molecule has 2 aromatic carbocycles. The van der Waals surface area contributed by atoms with Crippen LogP contribution in [0.15, 0.2) is 48.5 Å². The zero-order valence-electron chi connectivity index (χ0n) is 15.8. The van der Waals surface area contributed by atoms with Gasteiger partial charge in [-0.2, -0.15) is 0 Å². The van der Waals surface area contributed by atoms with Crippen molar-refractivity contribution >= 4 is 29.2 Å². The number of hydrogen-bond donors (Lipinski definition) is 3.